The number of carbonyl (C=O) groups excluding carboxylic acids is 2. The second-order valence-corrected chi connectivity index (χ2v) is 7.05. The van der Waals surface area contributed by atoms with Gasteiger partial charge < -0.3 is 10.0 Å². The molecule has 2 aromatic rings. The molecule has 1 heterocycles. The Morgan fingerprint density at radius 3 is 2.33 bits per heavy atom. The molecule has 1 atom stereocenters. The monoisotopic (exact) mass is 383 g/mol. The van der Waals surface area contributed by atoms with Gasteiger partial charge in [-0.2, -0.15) is 0 Å². The molecule has 1 amide bonds. The molecular weight excluding hydrogens is 362 g/mol. The summed E-state index contributed by atoms with van der Waals surface area (Å²) in [5.74, 6) is -1.37. The molecule has 4 nitrogen and oxygen atoms in total. The molecule has 27 heavy (non-hydrogen) atoms. The van der Waals surface area contributed by atoms with E-state index in [9.17, 15) is 14.7 Å². The number of carbonyl (C=O) groups is 2. The third-order valence-electron chi connectivity index (χ3n) is 4.78. The number of unbranched alkanes of at least 4 members (excludes halogenated alkanes) is 2. The molecule has 0 spiro atoms. The first-order valence-electron chi connectivity index (χ1n) is 9.14. The summed E-state index contributed by atoms with van der Waals surface area (Å²) in [5.41, 5.74) is 1.40. The fourth-order valence-electron chi connectivity index (χ4n) is 3.39. The average Bonchev–Trinajstić information content (AvgIpc) is 2.94. The standard InChI is InChI=1S/C22H22ClNO3/c1-2-3-7-14-24-19(15-8-5-4-6-9-15)18(21(26)22(24)27)20(25)16-10-12-17(23)13-11-16/h4-6,8-13,19,25H,2-3,7,14H2,1H3/b20-18-. The lowest BCUT2D eigenvalue weighted by Gasteiger charge is -2.25. The molecule has 5 heteroatoms. The van der Waals surface area contributed by atoms with Gasteiger partial charge in [0.25, 0.3) is 11.7 Å². The van der Waals surface area contributed by atoms with E-state index in [1.165, 1.54) is 0 Å². The molecule has 0 saturated carbocycles. The normalized spacial score (nSPS) is 18.9. The van der Waals surface area contributed by atoms with Crippen molar-refractivity contribution < 1.29 is 14.7 Å². The minimum atomic E-state index is -0.646. The first-order chi connectivity index (χ1) is 13.0. The van der Waals surface area contributed by atoms with Crippen molar-refractivity contribution in [1.82, 2.24) is 4.90 Å². The van der Waals surface area contributed by atoms with Gasteiger partial charge in [0, 0.05) is 17.1 Å². The fraction of sp³-hybridized carbons (Fsp3) is 0.273. The van der Waals surface area contributed by atoms with E-state index in [-0.39, 0.29) is 11.3 Å². The van der Waals surface area contributed by atoms with Crippen LogP contribution in [0.4, 0.5) is 0 Å². The maximum Gasteiger partial charge on any atom is 0.295 e. The number of rotatable bonds is 6. The molecule has 1 saturated heterocycles. The number of aliphatic hydroxyl groups is 1. The molecule has 3 rings (SSSR count). The van der Waals surface area contributed by atoms with E-state index in [0.29, 0.717) is 17.1 Å². The van der Waals surface area contributed by atoms with E-state index in [1.54, 1.807) is 29.2 Å². The van der Waals surface area contributed by atoms with Gasteiger partial charge in [0.15, 0.2) is 0 Å². The third-order valence-corrected chi connectivity index (χ3v) is 5.03. The minimum Gasteiger partial charge on any atom is -0.507 e. The number of Topliss-reactive ketones (excluding diaryl/α,β-unsaturated/α-hetero) is 1. The van der Waals surface area contributed by atoms with Crippen LogP contribution in [0.3, 0.4) is 0 Å². The highest BCUT2D eigenvalue weighted by Crippen LogP contribution is 2.39. The molecule has 140 valence electrons. The number of aliphatic hydroxyl groups excluding tert-OH is 1. The number of likely N-dealkylation sites (tertiary alicyclic amines) is 1. The summed E-state index contributed by atoms with van der Waals surface area (Å²) in [4.78, 5) is 27.1. The first kappa shape index (κ1) is 19.2. The van der Waals surface area contributed by atoms with Crippen molar-refractivity contribution in [3.8, 4) is 0 Å². The van der Waals surface area contributed by atoms with E-state index in [2.05, 4.69) is 6.92 Å². The average molecular weight is 384 g/mol. The highest BCUT2D eigenvalue weighted by atomic mass is 35.5. The Kier molecular flexibility index (Phi) is 5.97. The molecule has 0 aliphatic carbocycles. The number of ketones is 1. The Morgan fingerprint density at radius 2 is 1.70 bits per heavy atom. The Hall–Kier alpha value is -2.59. The van der Waals surface area contributed by atoms with E-state index >= 15 is 0 Å². The fourth-order valence-corrected chi connectivity index (χ4v) is 3.51. The van der Waals surface area contributed by atoms with Crippen LogP contribution in [0.25, 0.3) is 5.76 Å². The highest BCUT2D eigenvalue weighted by Gasteiger charge is 2.45. The zero-order chi connectivity index (χ0) is 19.4. The van der Waals surface area contributed by atoms with Gasteiger partial charge in [-0.1, -0.05) is 61.7 Å². The minimum absolute atomic E-state index is 0.130. The quantitative estimate of drug-likeness (QED) is 0.332. The zero-order valence-electron chi connectivity index (χ0n) is 15.2. The molecule has 0 radical (unpaired) electrons. The molecule has 0 bridgehead atoms. The SMILES string of the molecule is CCCCCN1C(=O)C(=O)/C(=C(\O)c2ccc(Cl)cc2)C1c1ccccc1. The van der Waals surface area contributed by atoms with Crippen LogP contribution >= 0.6 is 11.6 Å². The molecule has 1 fully saturated rings. The topological polar surface area (TPSA) is 57.6 Å². The number of hydrogen-bond acceptors (Lipinski definition) is 3. The maximum atomic E-state index is 12.8. The highest BCUT2D eigenvalue weighted by molar-refractivity contribution is 6.46. The molecule has 1 aliphatic heterocycles. The van der Waals surface area contributed by atoms with Gasteiger partial charge in [0.05, 0.1) is 11.6 Å². The van der Waals surface area contributed by atoms with Gasteiger partial charge in [0.1, 0.15) is 5.76 Å². The van der Waals surface area contributed by atoms with Gasteiger partial charge in [-0.25, -0.2) is 0 Å². The summed E-state index contributed by atoms with van der Waals surface area (Å²) >= 11 is 5.92. The molecule has 1 unspecified atom stereocenters. The van der Waals surface area contributed by atoms with Crippen LogP contribution in [0.1, 0.15) is 43.4 Å². The Morgan fingerprint density at radius 1 is 1.04 bits per heavy atom. The second kappa shape index (κ2) is 8.40. The summed E-state index contributed by atoms with van der Waals surface area (Å²) < 4.78 is 0. The van der Waals surface area contributed by atoms with Crippen molar-refractivity contribution >= 4 is 29.1 Å². The number of amides is 1. The van der Waals surface area contributed by atoms with Gasteiger partial charge in [-0.15, -0.1) is 0 Å². The van der Waals surface area contributed by atoms with Crippen LogP contribution in [0.5, 0.6) is 0 Å². The van der Waals surface area contributed by atoms with Crippen LogP contribution in [-0.2, 0) is 9.59 Å². The number of halogens is 1. The Labute approximate surface area is 164 Å². The van der Waals surface area contributed by atoms with Crippen molar-refractivity contribution in [1.29, 1.82) is 0 Å². The predicted molar refractivity (Wildman–Crippen MR) is 106 cm³/mol. The Bertz CT molecular complexity index is 859. The van der Waals surface area contributed by atoms with E-state index in [0.717, 1.165) is 24.8 Å². The molecular formula is C22H22ClNO3. The van der Waals surface area contributed by atoms with Crippen molar-refractivity contribution in [2.45, 2.75) is 32.2 Å². The summed E-state index contributed by atoms with van der Waals surface area (Å²) in [5, 5.41) is 11.4. The predicted octanol–water partition coefficient (Wildman–Crippen LogP) is 4.95. The largest absolute Gasteiger partial charge is 0.507 e. The van der Waals surface area contributed by atoms with Crippen molar-refractivity contribution in [2.75, 3.05) is 6.54 Å². The molecule has 2 aromatic carbocycles. The van der Waals surface area contributed by atoms with Gasteiger partial charge in [-0.3, -0.25) is 9.59 Å². The van der Waals surface area contributed by atoms with Crippen LogP contribution in [0, 0.1) is 0 Å². The number of hydrogen-bond donors (Lipinski definition) is 1. The summed E-state index contributed by atoms with van der Waals surface area (Å²) in [6.45, 7) is 2.57. The molecule has 1 aliphatic rings. The van der Waals surface area contributed by atoms with E-state index in [1.807, 2.05) is 30.3 Å². The molecule has 0 aromatic heterocycles. The van der Waals surface area contributed by atoms with E-state index < -0.39 is 17.7 Å². The van der Waals surface area contributed by atoms with Crippen LogP contribution in [-0.4, -0.2) is 28.2 Å². The lowest BCUT2D eigenvalue weighted by atomic mass is 9.95. The van der Waals surface area contributed by atoms with Crippen LogP contribution in [0.15, 0.2) is 60.2 Å². The number of nitrogens with zero attached hydrogens (tertiary/aromatic N) is 1. The van der Waals surface area contributed by atoms with Crippen LogP contribution in [0.2, 0.25) is 5.02 Å². The van der Waals surface area contributed by atoms with E-state index in [4.69, 9.17) is 11.6 Å². The van der Waals surface area contributed by atoms with Crippen molar-refractivity contribution in [3.63, 3.8) is 0 Å². The smallest absolute Gasteiger partial charge is 0.295 e. The van der Waals surface area contributed by atoms with Gasteiger partial charge >= 0.3 is 0 Å². The summed E-state index contributed by atoms with van der Waals surface area (Å²) in [6, 6.07) is 15.3. The summed E-state index contributed by atoms with van der Waals surface area (Å²) in [7, 11) is 0. The Balaban J connectivity index is 2.09. The second-order valence-electron chi connectivity index (χ2n) is 6.62. The molecule has 1 N–H and O–H groups in total. The lowest BCUT2D eigenvalue weighted by Crippen LogP contribution is -2.30. The van der Waals surface area contributed by atoms with Gasteiger partial charge in [-0.05, 0) is 36.2 Å². The van der Waals surface area contributed by atoms with Crippen LogP contribution < -0.4 is 0 Å². The summed E-state index contributed by atoms with van der Waals surface area (Å²) in [6.07, 6.45) is 2.81. The first-order valence-corrected chi connectivity index (χ1v) is 9.51. The number of benzene rings is 2. The van der Waals surface area contributed by atoms with Crippen molar-refractivity contribution in [3.05, 3.63) is 76.3 Å². The third kappa shape index (κ3) is 3.91. The maximum absolute atomic E-state index is 12.8. The zero-order valence-corrected chi connectivity index (χ0v) is 15.9. The van der Waals surface area contributed by atoms with Crippen molar-refractivity contribution in [2.24, 2.45) is 0 Å². The van der Waals surface area contributed by atoms with Gasteiger partial charge in [0.2, 0.25) is 0 Å². The lowest BCUT2D eigenvalue weighted by molar-refractivity contribution is -0.139.